The Morgan fingerprint density at radius 1 is 1.00 bits per heavy atom. The largest absolute Gasteiger partial charge is 0.489 e. The number of aromatic amines is 1. The summed E-state index contributed by atoms with van der Waals surface area (Å²) in [6, 6.07) is 11.8. The second-order valence-corrected chi connectivity index (χ2v) is 7.36. The second-order valence-electron chi connectivity index (χ2n) is 7.36. The second kappa shape index (κ2) is 8.79. The summed E-state index contributed by atoms with van der Waals surface area (Å²) >= 11 is 0. The summed E-state index contributed by atoms with van der Waals surface area (Å²) < 4.78 is 86.4. The van der Waals surface area contributed by atoms with Crippen LogP contribution >= 0.6 is 0 Å². The molecule has 180 valence electrons. The van der Waals surface area contributed by atoms with E-state index in [4.69, 9.17) is 10.00 Å². The fraction of sp³-hybridized carbons (Fsp3) is 0.182. The van der Waals surface area contributed by atoms with Gasteiger partial charge in [-0.25, -0.2) is 0 Å². The van der Waals surface area contributed by atoms with Gasteiger partial charge in [0.1, 0.15) is 24.1 Å². The van der Waals surface area contributed by atoms with Crippen molar-refractivity contribution in [3.63, 3.8) is 0 Å². The summed E-state index contributed by atoms with van der Waals surface area (Å²) in [4.78, 5) is 0. The van der Waals surface area contributed by atoms with Gasteiger partial charge in [-0.05, 0) is 29.8 Å². The van der Waals surface area contributed by atoms with E-state index in [1.165, 1.54) is 13.1 Å². The van der Waals surface area contributed by atoms with Gasteiger partial charge in [0.05, 0.1) is 11.3 Å². The minimum Gasteiger partial charge on any atom is -0.489 e. The molecule has 1 N–H and O–H groups in total. The standard InChI is InChI=1S/C22H14F6N6O/c1-34-18(9-19(32-34)22(26,27)28)16-5-3-2-4-12(16)11-35-15-7-13(6-14(8-15)21(23,24)25)20-17(10-29)30-33-31-20/h2-9H,11H2,1H3,(H,30,31,33). The van der Waals surface area contributed by atoms with Crippen molar-refractivity contribution in [3.8, 4) is 34.3 Å². The Morgan fingerprint density at radius 3 is 2.40 bits per heavy atom. The number of halogens is 6. The molecular weight excluding hydrogens is 478 g/mol. The van der Waals surface area contributed by atoms with E-state index in [2.05, 4.69) is 20.5 Å². The Balaban J connectivity index is 1.69. The first kappa shape index (κ1) is 23.8. The summed E-state index contributed by atoms with van der Waals surface area (Å²) in [6.45, 7) is -0.257. The van der Waals surface area contributed by atoms with Gasteiger partial charge in [-0.1, -0.05) is 24.3 Å². The zero-order valence-corrected chi connectivity index (χ0v) is 17.7. The van der Waals surface area contributed by atoms with Gasteiger partial charge in [0.15, 0.2) is 11.4 Å². The van der Waals surface area contributed by atoms with Gasteiger partial charge >= 0.3 is 12.4 Å². The first-order chi connectivity index (χ1) is 16.5. The highest BCUT2D eigenvalue weighted by Gasteiger charge is 2.35. The molecule has 0 aliphatic carbocycles. The zero-order chi connectivity index (χ0) is 25.4. The molecule has 0 fully saturated rings. The minimum absolute atomic E-state index is 0.0464. The summed E-state index contributed by atoms with van der Waals surface area (Å²) in [7, 11) is 1.35. The third kappa shape index (κ3) is 4.96. The van der Waals surface area contributed by atoms with Gasteiger partial charge in [-0.3, -0.25) is 4.68 Å². The van der Waals surface area contributed by atoms with E-state index in [1.807, 2.05) is 0 Å². The van der Waals surface area contributed by atoms with E-state index in [-0.39, 0.29) is 35.0 Å². The van der Waals surface area contributed by atoms with Crippen LogP contribution in [-0.4, -0.2) is 25.2 Å². The lowest BCUT2D eigenvalue weighted by Crippen LogP contribution is -2.07. The maximum Gasteiger partial charge on any atom is 0.435 e. The van der Waals surface area contributed by atoms with Crippen LogP contribution in [0.2, 0.25) is 0 Å². The lowest BCUT2D eigenvalue weighted by Gasteiger charge is -2.14. The first-order valence-corrected chi connectivity index (χ1v) is 9.83. The Kier molecular flexibility index (Phi) is 5.98. The van der Waals surface area contributed by atoms with Crippen LogP contribution < -0.4 is 4.74 Å². The van der Waals surface area contributed by atoms with E-state index in [0.717, 1.165) is 22.9 Å². The topological polar surface area (TPSA) is 92.4 Å². The van der Waals surface area contributed by atoms with E-state index in [1.54, 1.807) is 30.3 Å². The normalized spacial score (nSPS) is 11.9. The van der Waals surface area contributed by atoms with E-state index in [0.29, 0.717) is 11.1 Å². The van der Waals surface area contributed by atoms with Crippen molar-refractivity contribution in [1.82, 2.24) is 25.2 Å². The number of alkyl halides is 6. The molecular formula is C22H14F6N6O. The number of H-pyrrole nitrogens is 1. The highest BCUT2D eigenvalue weighted by atomic mass is 19.4. The van der Waals surface area contributed by atoms with Gasteiger partial charge in [0.2, 0.25) is 0 Å². The number of nitrogens with one attached hydrogen (secondary N) is 1. The van der Waals surface area contributed by atoms with E-state index < -0.39 is 23.6 Å². The number of nitriles is 1. The predicted molar refractivity (Wildman–Crippen MR) is 110 cm³/mol. The summed E-state index contributed by atoms with van der Waals surface area (Å²) in [6.07, 6.45) is -9.36. The summed E-state index contributed by atoms with van der Waals surface area (Å²) in [5, 5.41) is 22.2. The quantitative estimate of drug-likeness (QED) is 0.379. The zero-order valence-electron chi connectivity index (χ0n) is 17.7. The fourth-order valence-corrected chi connectivity index (χ4v) is 3.41. The molecule has 4 rings (SSSR count). The Bertz CT molecular complexity index is 1410. The lowest BCUT2D eigenvalue weighted by molar-refractivity contribution is -0.141. The molecule has 0 spiro atoms. The Labute approximate surface area is 193 Å². The summed E-state index contributed by atoms with van der Waals surface area (Å²) in [5.74, 6) is -0.183. The van der Waals surface area contributed by atoms with Gasteiger partial charge < -0.3 is 4.74 Å². The number of hydrogen-bond donors (Lipinski definition) is 1. The van der Waals surface area contributed by atoms with Crippen LogP contribution in [0.5, 0.6) is 5.75 Å². The van der Waals surface area contributed by atoms with Crippen LogP contribution in [0, 0.1) is 11.3 Å². The lowest BCUT2D eigenvalue weighted by atomic mass is 10.0. The fourth-order valence-electron chi connectivity index (χ4n) is 3.41. The Hall–Kier alpha value is -4.34. The average Bonchev–Trinajstić information content (AvgIpc) is 3.43. The highest BCUT2D eigenvalue weighted by Crippen LogP contribution is 2.37. The van der Waals surface area contributed by atoms with Crippen molar-refractivity contribution < 1.29 is 31.1 Å². The molecule has 0 amide bonds. The number of rotatable bonds is 5. The number of aromatic nitrogens is 5. The number of aryl methyl sites for hydroxylation is 1. The number of ether oxygens (including phenoxy) is 1. The van der Waals surface area contributed by atoms with Crippen molar-refractivity contribution >= 4 is 0 Å². The van der Waals surface area contributed by atoms with E-state index >= 15 is 0 Å². The molecule has 0 aliphatic heterocycles. The molecule has 0 saturated heterocycles. The van der Waals surface area contributed by atoms with E-state index in [9.17, 15) is 26.3 Å². The van der Waals surface area contributed by atoms with Crippen LogP contribution in [0.3, 0.4) is 0 Å². The van der Waals surface area contributed by atoms with Crippen LogP contribution in [0.15, 0.2) is 48.5 Å². The van der Waals surface area contributed by atoms with Gasteiger partial charge in [0.25, 0.3) is 0 Å². The molecule has 2 aromatic heterocycles. The Morgan fingerprint density at radius 2 is 1.74 bits per heavy atom. The van der Waals surface area contributed by atoms with Crippen LogP contribution in [0.4, 0.5) is 26.3 Å². The van der Waals surface area contributed by atoms with Crippen LogP contribution in [-0.2, 0) is 26.0 Å². The number of benzene rings is 2. The van der Waals surface area contributed by atoms with Crippen molar-refractivity contribution in [2.45, 2.75) is 19.0 Å². The molecule has 0 aliphatic rings. The third-order valence-electron chi connectivity index (χ3n) is 5.02. The molecule has 0 saturated carbocycles. The van der Waals surface area contributed by atoms with Crippen molar-refractivity contribution in [1.29, 1.82) is 5.26 Å². The molecule has 2 heterocycles. The number of nitrogens with zero attached hydrogens (tertiary/aromatic N) is 5. The smallest absolute Gasteiger partial charge is 0.435 e. The van der Waals surface area contributed by atoms with Gasteiger partial charge in [-0.2, -0.15) is 47.0 Å². The first-order valence-electron chi connectivity index (χ1n) is 9.83. The molecule has 35 heavy (non-hydrogen) atoms. The molecule has 0 radical (unpaired) electrons. The third-order valence-corrected chi connectivity index (χ3v) is 5.02. The molecule has 0 atom stereocenters. The molecule has 0 unspecified atom stereocenters. The molecule has 4 aromatic rings. The highest BCUT2D eigenvalue weighted by molar-refractivity contribution is 5.67. The molecule has 2 aromatic carbocycles. The SMILES string of the molecule is Cn1nc(C(F)(F)F)cc1-c1ccccc1COc1cc(-c2n[nH]nc2C#N)cc(C(F)(F)F)c1. The average molecular weight is 492 g/mol. The van der Waals surface area contributed by atoms with Gasteiger partial charge in [0, 0.05) is 18.2 Å². The molecule has 7 nitrogen and oxygen atoms in total. The predicted octanol–water partition coefficient (Wildman–Crippen LogP) is 5.36. The monoisotopic (exact) mass is 492 g/mol. The molecule has 0 bridgehead atoms. The van der Waals surface area contributed by atoms with Crippen LogP contribution in [0.25, 0.3) is 22.5 Å². The van der Waals surface area contributed by atoms with Crippen molar-refractivity contribution in [3.05, 3.63) is 71.0 Å². The number of hydrogen-bond acceptors (Lipinski definition) is 5. The van der Waals surface area contributed by atoms with Crippen molar-refractivity contribution in [2.75, 3.05) is 0 Å². The maximum atomic E-state index is 13.5. The molecule has 13 heteroatoms. The van der Waals surface area contributed by atoms with Crippen LogP contribution in [0.1, 0.15) is 22.5 Å². The van der Waals surface area contributed by atoms with Crippen molar-refractivity contribution in [2.24, 2.45) is 7.05 Å². The van der Waals surface area contributed by atoms with Gasteiger partial charge in [-0.15, -0.1) is 5.10 Å². The summed E-state index contributed by atoms with van der Waals surface area (Å²) in [5.41, 5.74) is -1.50. The maximum absolute atomic E-state index is 13.5. The minimum atomic E-state index is -4.72.